The summed E-state index contributed by atoms with van der Waals surface area (Å²) in [4.78, 5) is 45.0. The zero-order valence-electron chi connectivity index (χ0n) is 18.8. The largest absolute Gasteiger partial charge is 0.483 e. The lowest BCUT2D eigenvalue weighted by Crippen LogP contribution is -2.58. The van der Waals surface area contributed by atoms with Crippen LogP contribution in [-0.4, -0.2) is 114 Å². The third-order valence-electron chi connectivity index (χ3n) is 5.40. The van der Waals surface area contributed by atoms with Crippen LogP contribution in [-0.2, 0) is 36.7 Å². The first-order valence-corrected chi connectivity index (χ1v) is 13.4. The van der Waals surface area contributed by atoms with Gasteiger partial charge in [0.25, 0.3) is 5.56 Å². The first-order chi connectivity index (χ1) is 17.2. The van der Waals surface area contributed by atoms with Crippen LogP contribution in [0.25, 0.3) is 0 Å². The molecule has 21 heteroatoms. The van der Waals surface area contributed by atoms with Crippen LogP contribution in [0.5, 0.6) is 0 Å². The van der Waals surface area contributed by atoms with Crippen molar-refractivity contribution in [1.29, 1.82) is 0 Å². The summed E-state index contributed by atoms with van der Waals surface area (Å²) < 4.78 is 53.9. The number of phosphoric ester groups is 2. The van der Waals surface area contributed by atoms with Gasteiger partial charge in [0.05, 0.1) is 13.2 Å². The fourth-order valence-corrected chi connectivity index (χ4v) is 5.75. The van der Waals surface area contributed by atoms with Crippen molar-refractivity contribution >= 4 is 15.6 Å². The minimum atomic E-state index is -5.57. The molecule has 2 saturated heterocycles. The number of aromatic nitrogens is 2. The minimum absolute atomic E-state index is 0.702. The van der Waals surface area contributed by atoms with Crippen molar-refractivity contribution in [2.45, 2.75) is 55.2 Å². The molecule has 2 unspecified atom stereocenters. The monoisotopic (exact) mass is 580 g/mol. The van der Waals surface area contributed by atoms with E-state index in [1.807, 2.05) is 4.98 Å². The van der Waals surface area contributed by atoms with Gasteiger partial charge in [0.2, 0.25) is 0 Å². The molecule has 0 saturated carbocycles. The molecule has 1 aromatic rings. The number of aliphatic hydroxyl groups excluding tert-OH is 5. The highest BCUT2D eigenvalue weighted by atomic mass is 31.3. The number of rotatable bonds is 10. The second-order valence-corrected chi connectivity index (χ2v) is 10.9. The number of H-pyrrole nitrogens is 1. The first kappa shape index (κ1) is 30.2. The molecular formula is C16H26N2O17P2. The average molecular weight is 580 g/mol. The van der Waals surface area contributed by atoms with Crippen LogP contribution < -0.4 is 11.2 Å². The molecule has 2 aliphatic rings. The van der Waals surface area contributed by atoms with Crippen molar-refractivity contribution in [3.63, 3.8) is 0 Å². The maximum atomic E-state index is 12.2. The molecular weight excluding hydrogens is 554 g/mol. The average Bonchev–Trinajstić information content (AvgIpc) is 3.12. The van der Waals surface area contributed by atoms with Gasteiger partial charge in [-0.2, -0.15) is 4.31 Å². The first-order valence-electron chi connectivity index (χ1n) is 10.4. The van der Waals surface area contributed by atoms with Gasteiger partial charge in [-0.15, -0.1) is 0 Å². The van der Waals surface area contributed by atoms with Crippen molar-refractivity contribution in [1.82, 2.24) is 9.55 Å². The molecule has 0 radical (unpaired) electrons. The Labute approximate surface area is 206 Å². The van der Waals surface area contributed by atoms with E-state index >= 15 is 0 Å². The number of methoxy groups -OCH3 is 1. The van der Waals surface area contributed by atoms with Crippen LogP contribution in [0.3, 0.4) is 0 Å². The summed E-state index contributed by atoms with van der Waals surface area (Å²) in [5, 5.41) is 48.9. The van der Waals surface area contributed by atoms with Crippen molar-refractivity contribution in [3.05, 3.63) is 33.1 Å². The maximum Gasteiger partial charge on any atom is 0.483 e. The van der Waals surface area contributed by atoms with Crippen LogP contribution in [0.2, 0.25) is 0 Å². The molecule has 0 spiro atoms. The van der Waals surface area contributed by atoms with Crippen molar-refractivity contribution in [2.24, 2.45) is 0 Å². The number of aromatic amines is 1. The molecule has 0 aliphatic carbocycles. The highest BCUT2D eigenvalue weighted by molar-refractivity contribution is 7.61. The molecule has 2 aliphatic heterocycles. The second kappa shape index (κ2) is 11.8. The Kier molecular flexibility index (Phi) is 9.61. The number of ether oxygens (including phenoxy) is 3. The van der Waals surface area contributed by atoms with Crippen LogP contribution in [0.15, 0.2) is 21.9 Å². The highest BCUT2D eigenvalue weighted by Gasteiger charge is 2.50. The lowest BCUT2D eigenvalue weighted by Gasteiger charge is -2.39. The molecule has 0 bridgehead atoms. The Bertz CT molecular complexity index is 1140. The molecule has 0 aromatic carbocycles. The second-order valence-electron chi connectivity index (χ2n) is 7.89. The molecule has 3 heterocycles. The van der Waals surface area contributed by atoms with E-state index in [9.17, 15) is 48.9 Å². The summed E-state index contributed by atoms with van der Waals surface area (Å²) in [6.45, 7) is -1.83. The lowest BCUT2D eigenvalue weighted by molar-refractivity contribution is -0.280. The van der Waals surface area contributed by atoms with E-state index in [0.717, 1.165) is 16.8 Å². The van der Waals surface area contributed by atoms with E-state index in [2.05, 4.69) is 13.4 Å². The quantitative estimate of drug-likeness (QED) is 0.122. The van der Waals surface area contributed by atoms with Gasteiger partial charge in [-0.05, 0) is 0 Å². The van der Waals surface area contributed by atoms with Gasteiger partial charge in [-0.25, -0.2) is 13.9 Å². The molecule has 19 nitrogen and oxygen atoms in total. The van der Waals surface area contributed by atoms with Crippen molar-refractivity contribution in [2.75, 3.05) is 20.3 Å². The number of nitrogens with one attached hydrogen (secondary N) is 1. The predicted octanol–water partition coefficient (Wildman–Crippen LogP) is -4.14. The molecule has 0 amide bonds. The third-order valence-corrected chi connectivity index (χ3v) is 8.00. The standard InChI is InChI=1S/C16H26N2O17P2/c1-30-13-10(22)7(32-14(13)18-3-2-8(20)17-16(18)25)5-31-36(26,27)35-37(28,29)34-15-12(24)11(23)9(21)6(4-19)33-15/h2-3,6-7,9-15,19,21-24H,4-5H2,1H3,(H,26,27)(H,28,29)(H,17,20,25)/t6-,7-,9-,10-,11+,12-,13-,14-,15+/m1/s1. The van der Waals surface area contributed by atoms with Crippen molar-refractivity contribution < 1.29 is 72.0 Å². The fraction of sp³-hybridized carbons (Fsp3) is 0.750. The Morgan fingerprint density at radius 2 is 1.68 bits per heavy atom. The van der Waals surface area contributed by atoms with Gasteiger partial charge >= 0.3 is 21.3 Å². The molecule has 37 heavy (non-hydrogen) atoms. The topological polar surface area (TPSA) is 286 Å². The lowest BCUT2D eigenvalue weighted by atomic mass is 10.00. The molecule has 1 aromatic heterocycles. The van der Waals surface area contributed by atoms with Crippen molar-refractivity contribution in [3.8, 4) is 0 Å². The minimum Gasteiger partial charge on any atom is -0.394 e. The van der Waals surface area contributed by atoms with E-state index in [1.54, 1.807) is 0 Å². The van der Waals surface area contributed by atoms with Gasteiger partial charge in [0.15, 0.2) is 12.5 Å². The van der Waals surface area contributed by atoms with Crippen LogP contribution in [0.1, 0.15) is 6.23 Å². The van der Waals surface area contributed by atoms with E-state index < -0.39 is 95.4 Å². The Morgan fingerprint density at radius 3 is 2.27 bits per heavy atom. The normalized spacial score (nSPS) is 37.7. The third kappa shape index (κ3) is 6.99. The van der Waals surface area contributed by atoms with E-state index in [0.29, 0.717) is 0 Å². The summed E-state index contributed by atoms with van der Waals surface area (Å²) in [5.41, 5.74) is -1.61. The summed E-state index contributed by atoms with van der Waals surface area (Å²) in [7, 11) is -9.85. The molecule has 3 rings (SSSR count). The maximum absolute atomic E-state index is 12.2. The summed E-state index contributed by atoms with van der Waals surface area (Å²) in [6.07, 6.45) is -14.1. The highest BCUT2D eigenvalue weighted by Crippen LogP contribution is 2.61. The number of nitrogens with zero attached hydrogens (tertiary/aromatic N) is 1. The molecule has 8 N–H and O–H groups in total. The zero-order chi connectivity index (χ0) is 27.7. The van der Waals surface area contributed by atoms with Crippen LogP contribution >= 0.6 is 15.6 Å². The van der Waals surface area contributed by atoms with Crippen LogP contribution in [0, 0.1) is 0 Å². The van der Waals surface area contributed by atoms with Gasteiger partial charge in [-0.1, -0.05) is 0 Å². The molecule has 212 valence electrons. The summed E-state index contributed by atoms with van der Waals surface area (Å²) >= 11 is 0. The van der Waals surface area contributed by atoms with Gasteiger partial charge in [0.1, 0.15) is 42.7 Å². The Hall–Kier alpha value is -1.38. The summed E-state index contributed by atoms with van der Waals surface area (Å²) in [5.74, 6) is 0. The number of hydrogen-bond donors (Lipinski definition) is 8. The Balaban J connectivity index is 1.64. The van der Waals surface area contributed by atoms with Gasteiger partial charge in [-0.3, -0.25) is 23.4 Å². The van der Waals surface area contributed by atoms with E-state index in [-0.39, 0.29) is 0 Å². The molecule has 2 fully saturated rings. The predicted molar refractivity (Wildman–Crippen MR) is 114 cm³/mol. The van der Waals surface area contributed by atoms with E-state index in [1.165, 1.54) is 7.11 Å². The van der Waals surface area contributed by atoms with Gasteiger partial charge < -0.3 is 49.5 Å². The smallest absolute Gasteiger partial charge is 0.394 e. The Morgan fingerprint density at radius 1 is 1.00 bits per heavy atom. The van der Waals surface area contributed by atoms with Crippen LogP contribution in [0.4, 0.5) is 0 Å². The summed E-state index contributed by atoms with van der Waals surface area (Å²) in [6, 6.07) is 0.998. The SMILES string of the molecule is CO[C@@H]1[C@H](O)[C@@H](COP(=O)(O)OP(=O)(O)O[C@@H]2O[C@H](CO)[C@@H](O)[C@H](O)[C@H]2O)O[C@H]1n1ccc(=O)[nH]c1=O. The fourth-order valence-electron chi connectivity index (χ4n) is 3.59. The number of phosphoric acid groups is 2. The number of hydrogen-bond acceptors (Lipinski definition) is 15. The van der Waals surface area contributed by atoms with E-state index in [4.69, 9.17) is 19.3 Å². The van der Waals surface area contributed by atoms with Gasteiger partial charge in [0, 0.05) is 19.4 Å². The number of aliphatic hydroxyl groups is 5. The molecule has 11 atom stereocenters. The zero-order valence-corrected chi connectivity index (χ0v) is 20.6.